The third-order valence-corrected chi connectivity index (χ3v) is 6.07. The van der Waals surface area contributed by atoms with Crippen LogP contribution in [0.15, 0.2) is 48.5 Å². The lowest BCUT2D eigenvalue weighted by molar-refractivity contribution is -0.130. The number of carbonyl (C=O) groups is 3. The van der Waals surface area contributed by atoms with Crippen molar-refractivity contribution in [1.29, 1.82) is 0 Å². The summed E-state index contributed by atoms with van der Waals surface area (Å²) in [7, 11) is 0. The van der Waals surface area contributed by atoms with E-state index in [9.17, 15) is 14.4 Å². The maximum Gasteiger partial charge on any atom is 0.407 e. The molecule has 7 nitrogen and oxygen atoms in total. The molecule has 0 radical (unpaired) electrons. The van der Waals surface area contributed by atoms with Gasteiger partial charge >= 0.3 is 12.1 Å². The lowest BCUT2D eigenvalue weighted by Crippen LogP contribution is -2.52. The topological polar surface area (TPSA) is 105 Å². The monoisotopic (exact) mass is 432 g/mol. The number of carboxylic acid groups (broad SMARTS) is 1. The predicted molar refractivity (Wildman–Crippen MR) is 118 cm³/mol. The molecule has 7 heteroatoms. The summed E-state index contributed by atoms with van der Waals surface area (Å²) in [6.45, 7) is 0.0731. The standard InChI is InChI=1S/C25H24N2O5/c28-22(29)13-6-14-26-24(30)23(16-7-5-8-16)27-25(31)32-15-21-19-11-3-1-9-17(19)18-10-2-4-12-20(18)21/h1-4,9-12,16,21,23H,5,7-8,14-15H2,(H,26,30)(H,27,31)(H,28,29). The second kappa shape index (κ2) is 9.56. The number of benzene rings is 2. The summed E-state index contributed by atoms with van der Waals surface area (Å²) in [4.78, 5) is 35.6. The summed E-state index contributed by atoms with van der Waals surface area (Å²) >= 11 is 0. The van der Waals surface area contributed by atoms with Crippen LogP contribution in [0.2, 0.25) is 0 Å². The fourth-order valence-corrected chi connectivity index (χ4v) is 4.30. The minimum atomic E-state index is -1.26. The summed E-state index contributed by atoms with van der Waals surface area (Å²) < 4.78 is 5.56. The molecule has 164 valence electrons. The van der Waals surface area contributed by atoms with Gasteiger partial charge in [0.1, 0.15) is 12.6 Å². The molecule has 32 heavy (non-hydrogen) atoms. The molecule has 2 amide bonds. The van der Waals surface area contributed by atoms with E-state index in [-0.39, 0.29) is 30.9 Å². The molecule has 3 N–H and O–H groups in total. The van der Waals surface area contributed by atoms with E-state index in [0.29, 0.717) is 0 Å². The fourth-order valence-electron chi connectivity index (χ4n) is 4.30. The quantitative estimate of drug-likeness (QED) is 0.609. The van der Waals surface area contributed by atoms with Crippen LogP contribution in [0, 0.1) is 17.8 Å². The maximum absolute atomic E-state index is 12.6. The van der Waals surface area contributed by atoms with Crippen LogP contribution in [0.4, 0.5) is 4.79 Å². The number of hydrogen-bond donors (Lipinski definition) is 3. The highest BCUT2D eigenvalue weighted by Crippen LogP contribution is 2.44. The van der Waals surface area contributed by atoms with E-state index in [1.807, 2.05) is 42.3 Å². The molecule has 1 saturated carbocycles. The number of ether oxygens (including phenoxy) is 1. The molecule has 0 bridgehead atoms. The van der Waals surface area contributed by atoms with E-state index in [4.69, 9.17) is 9.84 Å². The van der Waals surface area contributed by atoms with Crippen LogP contribution in [0.3, 0.4) is 0 Å². The molecule has 2 aliphatic carbocycles. The Labute approximate surface area is 186 Å². The number of aliphatic carboxylic acids is 1. The average Bonchev–Trinajstić information content (AvgIpc) is 3.07. The van der Waals surface area contributed by atoms with Gasteiger partial charge in [-0.3, -0.25) is 4.79 Å². The molecule has 1 unspecified atom stereocenters. The normalized spacial score (nSPS) is 15.2. The van der Waals surface area contributed by atoms with E-state index < -0.39 is 18.1 Å². The van der Waals surface area contributed by atoms with Crippen molar-refractivity contribution in [3.63, 3.8) is 0 Å². The number of alkyl carbamates (subject to hydrolysis) is 1. The molecule has 2 aromatic carbocycles. The number of hydrogen-bond acceptors (Lipinski definition) is 4. The SMILES string of the molecule is O=C(O)C#CCNC(=O)C(NC(=O)OCC1c2ccccc2-c2ccccc21)C1CCC1. The van der Waals surface area contributed by atoms with Crippen LogP contribution in [0.1, 0.15) is 36.3 Å². The zero-order chi connectivity index (χ0) is 22.5. The highest BCUT2D eigenvalue weighted by molar-refractivity contribution is 5.88. The van der Waals surface area contributed by atoms with Gasteiger partial charge in [0.25, 0.3) is 0 Å². The van der Waals surface area contributed by atoms with E-state index in [0.717, 1.165) is 41.5 Å². The second-order valence-corrected chi connectivity index (χ2v) is 7.96. The number of fused-ring (bicyclic) bond motifs is 3. The Balaban J connectivity index is 1.38. The average molecular weight is 432 g/mol. The number of carbonyl (C=O) groups excluding carboxylic acids is 2. The predicted octanol–water partition coefficient (Wildman–Crippen LogP) is 2.90. The zero-order valence-corrected chi connectivity index (χ0v) is 17.5. The second-order valence-electron chi connectivity index (χ2n) is 7.96. The zero-order valence-electron chi connectivity index (χ0n) is 17.5. The first-order valence-corrected chi connectivity index (χ1v) is 10.7. The van der Waals surface area contributed by atoms with E-state index in [1.54, 1.807) is 0 Å². The molecule has 2 aromatic rings. The van der Waals surface area contributed by atoms with Gasteiger partial charge in [-0.1, -0.05) is 60.9 Å². The first kappa shape index (κ1) is 21.4. The summed E-state index contributed by atoms with van der Waals surface area (Å²) in [6, 6.07) is 15.4. The Bertz CT molecular complexity index is 1050. The Morgan fingerprint density at radius 1 is 1.03 bits per heavy atom. The largest absolute Gasteiger partial charge is 0.472 e. The van der Waals surface area contributed by atoms with Crippen molar-refractivity contribution < 1.29 is 24.2 Å². The van der Waals surface area contributed by atoms with Crippen molar-refractivity contribution >= 4 is 18.0 Å². The van der Waals surface area contributed by atoms with Gasteiger partial charge in [-0.25, -0.2) is 9.59 Å². The minimum Gasteiger partial charge on any atom is -0.472 e. The van der Waals surface area contributed by atoms with Crippen molar-refractivity contribution in [3.05, 3.63) is 59.7 Å². The van der Waals surface area contributed by atoms with Crippen LogP contribution in [0.5, 0.6) is 0 Å². The highest BCUT2D eigenvalue weighted by Gasteiger charge is 2.35. The molecular formula is C25H24N2O5. The Hall–Kier alpha value is -3.79. The van der Waals surface area contributed by atoms with Crippen molar-refractivity contribution in [2.75, 3.05) is 13.2 Å². The van der Waals surface area contributed by atoms with Gasteiger partial charge in [-0.05, 0) is 41.0 Å². The third kappa shape index (κ3) is 4.59. The molecule has 1 fully saturated rings. The number of rotatable bonds is 6. The van der Waals surface area contributed by atoms with Crippen molar-refractivity contribution in [1.82, 2.24) is 10.6 Å². The van der Waals surface area contributed by atoms with E-state index in [2.05, 4.69) is 28.7 Å². The Morgan fingerprint density at radius 2 is 1.66 bits per heavy atom. The summed E-state index contributed by atoms with van der Waals surface area (Å²) in [5.41, 5.74) is 4.52. The van der Waals surface area contributed by atoms with Crippen LogP contribution in [0.25, 0.3) is 11.1 Å². The first-order chi connectivity index (χ1) is 15.5. The van der Waals surface area contributed by atoms with Crippen molar-refractivity contribution in [2.45, 2.75) is 31.2 Å². The maximum atomic E-state index is 12.6. The van der Waals surface area contributed by atoms with Gasteiger partial charge in [0.15, 0.2) is 0 Å². The first-order valence-electron chi connectivity index (χ1n) is 10.7. The molecular weight excluding hydrogens is 408 g/mol. The molecule has 0 heterocycles. The van der Waals surface area contributed by atoms with Gasteiger partial charge in [0, 0.05) is 11.8 Å². The molecule has 0 aromatic heterocycles. The summed E-state index contributed by atoms with van der Waals surface area (Å²) in [5, 5.41) is 13.8. The highest BCUT2D eigenvalue weighted by atomic mass is 16.5. The van der Waals surface area contributed by atoms with Gasteiger partial charge in [-0.2, -0.15) is 0 Å². The molecule has 0 aliphatic heterocycles. The minimum absolute atomic E-state index is 0.0305. The smallest absolute Gasteiger partial charge is 0.407 e. The van der Waals surface area contributed by atoms with E-state index in [1.165, 1.54) is 0 Å². The lowest BCUT2D eigenvalue weighted by Gasteiger charge is -2.32. The van der Waals surface area contributed by atoms with E-state index >= 15 is 0 Å². The van der Waals surface area contributed by atoms with Crippen LogP contribution in [-0.2, 0) is 14.3 Å². The lowest BCUT2D eigenvalue weighted by atomic mass is 9.79. The van der Waals surface area contributed by atoms with Crippen molar-refractivity contribution in [2.24, 2.45) is 5.92 Å². The van der Waals surface area contributed by atoms with Gasteiger partial charge < -0.3 is 20.5 Å². The number of nitrogens with one attached hydrogen (secondary N) is 2. The summed E-state index contributed by atoms with van der Waals surface area (Å²) in [5.74, 6) is 2.63. The molecule has 0 spiro atoms. The third-order valence-electron chi connectivity index (χ3n) is 6.07. The van der Waals surface area contributed by atoms with Gasteiger partial charge in [0.05, 0.1) is 6.54 Å². The van der Waals surface area contributed by atoms with Gasteiger partial charge in [-0.15, -0.1) is 0 Å². The Morgan fingerprint density at radius 3 is 2.22 bits per heavy atom. The summed E-state index contributed by atoms with van der Waals surface area (Å²) in [6.07, 6.45) is 2.03. The number of amides is 2. The Kier molecular flexibility index (Phi) is 6.41. The molecule has 1 atom stereocenters. The molecule has 2 aliphatic rings. The molecule has 4 rings (SSSR count). The number of carboxylic acids is 1. The van der Waals surface area contributed by atoms with Crippen LogP contribution < -0.4 is 10.6 Å². The molecule has 0 saturated heterocycles. The van der Waals surface area contributed by atoms with Gasteiger partial charge in [0.2, 0.25) is 5.91 Å². The van der Waals surface area contributed by atoms with Crippen LogP contribution >= 0.6 is 0 Å². The fraction of sp³-hybridized carbons (Fsp3) is 0.320. The van der Waals surface area contributed by atoms with Crippen molar-refractivity contribution in [3.8, 4) is 23.0 Å². The van der Waals surface area contributed by atoms with Crippen LogP contribution in [-0.4, -0.2) is 42.3 Å².